The van der Waals surface area contributed by atoms with Crippen LogP contribution in [0.4, 0.5) is 0 Å². The Kier molecular flexibility index (Phi) is 3.57. The van der Waals surface area contributed by atoms with Crippen LogP contribution in [-0.4, -0.2) is 45.1 Å². The lowest BCUT2D eigenvalue weighted by Gasteiger charge is -2.00. The minimum absolute atomic E-state index is 0.604. The van der Waals surface area contributed by atoms with E-state index >= 15 is 0 Å². The van der Waals surface area contributed by atoms with Crippen LogP contribution in [0.2, 0.25) is 0 Å². The van der Waals surface area contributed by atoms with Gasteiger partial charge in [0.25, 0.3) is 0 Å². The third-order valence-electron chi connectivity index (χ3n) is 4.83. The van der Waals surface area contributed by atoms with E-state index in [1.807, 2.05) is 30.3 Å². The topological polar surface area (TPSA) is 122 Å². The fourth-order valence-corrected chi connectivity index (χ4v) is 3.43. The van der Waals surface area contributed by atoms with E-state index in [0.717, 1.165) is 27.7 Å². The molecule has 0 aliphatic carbocycles. The summed E-state index contributed by atoms with van der Waals surface area (Å²) in [5, 5.41) is 8.35. The molecule has 6 heterocycles. The second-order valence-corrected chi connectivity index (χ2v) is 6.64. The summed E-state index contributed by atoms with van der Waals surface area (Å²) in [4.78, 5) is 29.8. The number of aromatic amines is 2. The van der Waals surface area contributed by atoms with Crippen LogP contribution >= 0.6 is 0 Å². The minimum Gasteiger partial charge on any atom is -0.335 e. The van der Waals surface area contributed by atoms with Crippen molar-refractivity contribution in [3.05, 3.63) is 67.5 Å². The van der Waals surface area contributed by atoms with E-state index in [9.17, 15) is 0 Å². The van der Waals surface area contributed by atoms with Crippen LogP contribution < -0.4 is 0 Å². The Morgan fingerprint density at radius 1 is 0.767 bits per heavy atom. The molecule has 142 valence electrons. The second kappa shape index (κ2) is 6.52. The second-order valence-electron chi connectivity index (χ2n) is 6.64. The highest BCUT2D eigenvalue weighted by atomic mass is 15.1. The van der Waals surface area contributed by atoms with Crippen molar-refractivity contribution in [1.82, 2.24) is 45.1 Å². The first kappa shape index (κ1) is 16.4. The van der Waals surface area contributed by atoms with Gasteiger partial charge in [0.15, 0.2) is 11.5 Å². The number of aromatic nitrogens is 9. The van der Waals surface area contributed by atoms with Gasteiger partial charge in [-0.2, -0.15) is 5.10 Å². The summed E-state index contributed by atoms with van der Waals surface area (Å²) >= 11 is 0. The van der Waals surface area contributed by atoms with Crippen molar-refractivity contribution in [2.24, 2.45) is 0 Å². The minimum atomic E-state index is 0.604. The van der Waals surface area contributed by atoms with Gasteiger partial charge >= 0.3 is 0 Å². The number of nitrogens with zero attached hydrogens (tertiary/aromatic N) is 7. The Morgan fingerprint density at radius 3 is 2.60 bits per heavy atom. The van der Waals surface area contributed by atoms with Crippen molar-refractivity contribution in [3.63, 3.8) is 0 Å². The molecule has 30 heavy (non-hydrogen) atoms. The van der Waals surface area contributed by atoms with E-state index in [2.05, 4.69) is 45.1 Å². The molecule has 0 saturated carbocycles. The molecule has 0 spiro atoms. The van der Waals surface area contributed by atoms with E-state index in [4.69, 9.17) is 0 Å². The number of rotatable bonds is 3. The third kappa shape index (κ3) is 2.60. The molecule has 6 aromatic rings. The predicted molar refractivity (Wildman–Crippen MR) is 111 cm³/mol. The maximum atomic E-state index is 4.67. The number of imidazole rings is 1. The average Bonchev–Trinajstić information content (AvgIpc) is 3.43. The molecule has 9 nitrogen and oxygen atoms in total. The van der Waals surface area contributed by atoms with E-state index in [1.165, 1.54) is 0 Å². The maximum absolute atomic E-state index is 4.67. The largest absolute Gasteiger partial charge is 0.335 e. The molecule has 6 rings (SSSR count). The van der Waals surface area contributed by atoms with Crippen LogP contribution in [0.3, 0.4) is 0 Å². The summed E-state index contributed by atoms with van der Waals surface area (Å²) < 4.78 is 0. The summed E-state index contributed by atoms with van der Waals surface area (Å²) in [6, 6.07) is 9.65. The Labute approximate surface area is 169 Å². The van der Waals surface area contributed by atoms with Gasteiger partial charge in [-0.25, -0.2) is 9.97 Å². The van der Waals surface area contributed by atoms with Gasteiger partial charge in [0.2, 0.25) is 0 Å². The zero-order valence-corrected chi connectivity index (χ0v) is 15.5. The van der Waals surface area contributed by atoms with Crippen molar-refractivity contribution >= 4 is 22.1 Å². The Morgan fingerprint density at radius 2 is 1.73 bits per heavy atom. The van der Waals surface area contributed by atoms with E-state index < -0.39 is 0 Å². The molecule has 9 heteroatoms. The highest BCUT2D eigenvalue weighted by Crippen LogP contribution is 2.30. The zero-order chi connectivity index (χ0) is 19.9. The number of nitrogens with one attached hydrogen (secondary N) is 2. The Balaban J connectivity index is 1.52. The molecule has 0 aliphatic rings. The quantitative estimate of drug-likeness (QED) is 0.474. The molecule has 2 N–H and O–H groups in total. The number of fused-ring (bicyclic) bond motifs is 2. The van der Waals surface area contributed by atoms with Crippen LogP contribution in [0, 0.1) is 0 Å². The first-order valence-electron chi connectivity index (χ1n) is 9.24. The van der Waals surface area contributed by atoms with Crippen LogP contribution in [0.25, 0.3) is 56.2 Å². The molecule has 6 aromatic heterocycles. The summed E-state index contributed by atoms with van der Waals surface area (Å²) in [6.07, 6.45) is 10.2. The average molecular weight is 391 g/mol. The smallest absolute Gasteiger partial charge is 0.178 e. The molecule has 0 bridgehead atoms. The molecular weight excluding hydrogens is 378 g/mol. The van der Waals surface area contributed by atoms with E-state index in [-0.39, 0.29) is 0 Å². The van der Waals surface area contributed by atoms with Crippen molar-refractivity contribution in [2.75, 3.05) is 0 Å². The zero-order valence-electron chi connectivity index (χ0n) is 15.5. The van der Waals surface area contributed by atoms with Crippen LogP contribution in [0.1, 0.15) is 0 Å². The number of H-pyrrole nitrogens is 2. The molecule has 0 atom stereocenters. The molecule has 0 radical (unpaired) electrons. The highest BCUT2D eigenvalue weighted by molar-refractivity contribution is 5.96. The van der Waals surface area contributed by atoms with Crippen LogP contribution in [0.5, 0.6) is 0 Å². The van der Waals surface area contributed by atoms with Gasteiger partial charge in [-0.3, -0.25) is 25.0 Å². The summed E-state index contributed by atoms with van der Waals surface area (Å²) in [7, 11) is 0. The Hall–Kier alpha value is -4.53. The van der Waals surface area contributed by atoms with Gasteiger partial charge < -0.3 is 4.98 Å². The Bertz CT molecular complexity index is 1490. The van der Waals surface area contributed by atoms with Crippen LogP contribution in [-0.2, 0) is 0 Å². The fourth-order valence-electron chi connectivity index (χ4n) is 3.43. The summed E-state index contributed by atoms with van der Waals surface area (Å²) in [5.41, 5.74) is 6.08. The fraction of sp³-hybridized carbons (Fsp3) is 0. The summed E-state index contributed by atoms with van der Waals surface area (Å²) in [6.45, 7) is 0. The lowest BCUT2D eigenvalue weighted by Crippen LogP contribution is -1.88. The maximum Gasteiger partial charge on any atom is 0.178 e. The first-order chi connectivity index (χ1) is 14.9. The number of hydrogen-bond donors (Lipinski definition) is 2. The van der Waals surface area contributed by atoms with Crippen molar-refractivity contribution in [2.45, 2.75) is 0 Å². The van der Waals surface area contributed by atoms with E-state index in [0.29, 0.717) is 28.6 Å². The standard InChI is InChI=1S/C21H13N9/c1-2-5-23-14(3-1)12-4-6-25-20-18(12)27-21(28-20)19-13-9-15(17-10-22-7-8-24-17)26-11-16(13)29-30-19/h1-11H,(H,29,30)(H,25,27,28). The molecule has 0 unspecified atom stereocenters. The van der Waals surface area contributed by atoms with Gasteiger partial charge in [0, 0.05) is 35.7 Å². The van der Waals surface area contributed by atoms with Crippen LogP contribution in [0.15, 0.2) is 67.5 Å². The molecule has 0 aromatic carbocycles. The molecule has 0 fully saturated rings. The van der Waals surface area contributed by atoms with Crippen molar-refractivity contribution in [1.29, 1.82) is 0 Å². The SMILES string of the molecule is c1ccc(-c2ccnc3nc(-c4n[nH]c5cnc(-c6cnccn6)cc45)[nH]c23)nc1. The van der Waals surface area contributed by atoms with E-state index in [1.54, 1.807) is 37.2 Å². The van der Waals surface area contributed by atoms with Gasteiger partial charge in [0.05, 0.1) is 34.8 Å². The summed E-state index contributed by atoms with van der Waals surface area (Å²) in [5.74, 6) is 0.614. The lowest BCUT2D eigenvalue weighted by atomic mass is 10.1. The predicted octanol–water partition coefficient (Wildman–Crippen LogP) is 3.42. The van der Waals surface area contributed by atoms with Gasteiger partial charge in [0.1, 0.15) is 11.4 Å². The van der Waals surface area contributed by atoms with Crippen molar-refractivity contribution < 1.29 is 0 Å². The highest BCUT2D eigenvalue weighted by Gasteiger charge is 2.17. The molecule has 0 aliphatic heterocycles. The monoisotopic (exact) mass is 391 g/mol. The van der Waals surface area contributed by atoms with Gasteiger partial charge in [-0.1, -0.05) is 6.07 Å². The molecular formula is C21H13N9. The van der Waals surface area contributed by atoms with Crippen molar-refractivity contribution in [3.8, 4) is 34.2 Å². The molecule has 0 saturated heterocycles. The first-order valence-corrected chi connectivity index (χ1v) is 9.24. The lowest BCUT2D eigenvalue weighted by molar-refractivity contribution is 1.10. The van der Waals surface area contributed by atoms with Gasteiger partial charge in [-0.15, -0.1) is 0 Å². The number of hydrogen-bond acceptors (Lipinski definition) is 7. The number of pyridine rings is 3. The molecule has 0 amide bonds. The van der Waals surface area contributed by atoms with Gasteiger partial charge in [-0.05, 0) is 24.3 Å². The third-order valence-corrected chi connectivity index (χ3v) is 4.83. The normalized spacial score (nSPS) is 11.3.